The molecule has 2 heterocycles. The van der Waals surface area contributed by atoms with Crippen LogP contribution in [0.3, 0.4) is 0 Å². The van der Waals surface area contributed by atoms with Gasteiger partial charge in [0.25, 0.3) is 0 Å². The molecule has 6 nitrogen and oxygen atoms in total. The SMILES string of the molecule is CN=C(NCC(=O)N1CCc2ccccc2C1)N1CCN(c2ccc(F)cc2)CC1.I. The Balaban J connectivity index is 0.00000272. The summed E-state index contributed by atoms with van der Waals surface area (Å²) >= 11 is 0. The normalized spacial score (nSPS) is 16.5. The maximum Gasteiger partial charge on any atom is 0.242 e. The van der Waals surface area contributed by atoms with E-state index in [1.54, 1.807) is 7.05 Å². The number of hydrogen-bond acceptors (Lipinski definition) is 3. The van der Waals surface area contributed by atoms with Crippen LogP contribution in [-0.4, -0.2) is 68.0 Å². The third-order valence-corrected chi connectivity index (χ3v) is 5.86. The molecule has 0 spiro atoms. The number of carbonyl (C=O) groups excluding carboxylic acids is 1. The first kappa shape index (κ1) is 23.3. The monoisotopic (exact) mass is 537 g/mol. The number of aliphatic imine (C=N–C) groups is 1. The van der Waals surface area contributed by atoms with Gasteiger partial charge >= 0.3 is 0 Å². The zero-order valence-corrected chi connectivity index (χ0v) is 20.1. The van der Waals surface area contributed by atoms with Crippen LogP contribution in [0.15, 0.2) is 53.5 Å². The average Bonchev–Trinajstić information content (AvgIpc) is 2.80. The molecule has 1 saturated heterocycles. The van der Waals surface area contributed by atoms with Crippen molar-refractivity contribution in [2.75, 3.05) is 51.2 Å². The molecule has 0 aromatic heterocycles. The zero-order valence-electron chi connectivity index (χ0n) is 17.8. The molecule has 0 bridgehead atoms. The van der Waals surface area contributed by atoms with Gasteiger partial charge in [0.05, 0.1) is 6.54 Å². The first-order valence-electron chi connectivity index (χ1n) is 10.4. The molecule has 4 rings (SSSR count). The number of carbonyl (C=O) groups is 1. The number of halogens is 2. The van der Waals surface area contributed by atoms with Gasteiger partial charge in [0.2, 0.25) is 5.91 Å². The molecule has 2 aliphatic heterocycles. The van der Waals surface area contributed by atoms with E-state index >= 15 is 0 Å². The number of anilines is 1. The van der Waals surface area contributed by atoms with Crippen LogP contribution >= 0.6 is 24.0 Å². The standard InChI is InChI=1S/C23H28FN5O.HI/c1-25-23(28-14-12-27(13-15-28)21-8-6-20(24)7-9-21)26-16-22(30)29-11-10-18-4-2-3-5-19(18)17-29;/h2-9H,10-17H2,1H3,(H,25,26);1H. The van der Waals surface area contributed by atoms with Crippen molar-refractivity contribution in [2.45, 2.75) is 13.0 Å². The van der Waals surface area contributed by atoms with Gasteiger partial charge in [-0.15, -0.1) is 24.0 Å². The van der Waals surface area contributed by atoms with Crippen LogP contribution in [-0.2, 0) is 17.8 Å². The molecule has 0 atom stereocenters. The molecule has 0 saturated carbocycles. The Bertz CT molecular complexity index is 912. The van der Waals surface area contributed by atoms with Gasteiger partial charge in [0.15, 0.2) is 5.96 Å². The minimum Gasteiger partial charge on any atom is -0.368 e. The van der Waals surface area contributed by atoms with Crippen molar-refractivity contribution >= 4 is 41.5 Å². The second kappa shape index (κ2) is 10.8. The van der Waals surface area contributed by atoms with Crippen molar-refractivity contribution in [1.29, 1.82) is 0 Å². The second-order valence-electron chi connectivity index (χ2n) is 7.69. The van der Waals surface area contributed by atoms with Crippen LogP contribution in [0, 0.1) is 5.82 Å². The van der Waals surface area contributed by atoms with E-state index in [4.69, 9.17) is 0 Å². The number of fused-ring (bicyclic) bond motifs is 1. The third-order valence-electron chi connectivity index (χ3n) is 5.86. The molecular formula is C23H29FIN5O. The third kappa shape index (κ3) is 5.66. The highest BCUT2D eigenvalue weighted by Gasteiger charge is 2.23. The van der Waals surface area contributed by atoms with E-state index in [-0.39, 0.29) is 42.2 Å². The lowest BCUT2D eigenvalue weighted by Gasteiger charge is -2.38. The lowest BCUT2D eigenvalue weighted by Crippen LogP contribution is -2.54. The second-order valence-corrected chi connectivity index (χ2v) is 7.69. The highest BCUT2D eigenvalue weighted by Crippen LogP contribution is 2.19. The molecule has 2 aromatic rings. The van der Waals surface area contributed by atoms with Gasteiger partial charge < -0.3 is 20.0 Å². The highest BCUT2D eigenvalue weighted by molar-refractivity contribution is 14.0. The topological polar surface area (TPSA) is 51.2 Å². The smallest absolute Gasteiger partial charge is 0.242 e. The van der Waals surface area contributed by atoms with E-state index in [1.807, 2.05) is 23.1 Å². The van der Waals surface area contributed by atoms with E-state index in [9.17, 15) is 9.18 Å². The number of nitrogens with zero attached hydrogens (tertiary/aromatic N) is 4. The summed E-state index contributed by atoms with van der Waals surface area (Å²) in [6.45, 7) is 4.90. The van der Waals surface area contributed by atoms with E-state index in [0.29, 0.717) is 6.54 Å². The van der Waals surface area contributed by atoms with Gasteiger partial charge in [-0.1, -0.05) is 24.3 Å². The Labute approximate surface area is 200 Å². The Morgan fingerprint density at radius 2 is 1.65 bits per heavy atom. The van der Waals surface area contributed by atoms with Crippen LogP contribution in [0.4, 0.5) is 10.1 Å². The Morgan fingerprint density at radius 3 is 2.32 bits per heavy atom. The number of piperazine rings is 1. The predicted molar refractivity (Wildman–Crippen MR) is 133 cm³/mol. The van der Waals surface area contributed by atoms with Crippen molar-refractivity contribution in [2.24, 2.45) is 4.99 Å². The number of rotatable bonds is 3. The van der Waals surface area contributed by atoms with Crippen molar-refractivity contribution in [3.63, 3.8) is 0 Å². The molecule has 1 fully saturated rings. The average molecular weight is 537 g/mol. The summed E-state index contributed by atoms with van der Waals surface area (Å²) in [4.78, 5) is 23.4. The van der Waals surface area contributed by atoms with Crippen LogP contribution in [0.5, 0.6) is 0 Å². The van der Waals surface area contributed by atoms with E-state index in [1.165, 1.54) is 23.3 Å². The van der Waals surface area contributed by atoms with Crippen LogP contribution in [0.2, 0.25) is 0 Å². The minimum absolute atomic E-state index is 0. The molecule has 31 heavy (non-hydrogen) atoms. The Hall–Kier alpha value is -2.36. The quantitative estimate of drug-likeness (QED) is 0.372. The highest BCUT2D eigenvalue weighted by atomic mass is 127. The summed E-state index contributed by atoms with van der Waals surface area (Å²) in [6, 6.07) is 14.9. The maximum atomic E-state index is 13.1. The number of benzene rings is 2. The van der Waals surface area contributed by atoms with Crippen molar-refractivity contribution in [1.82, 2.24) is 15.1 Å². The summed E-state index contributed by atoms with van der Waals surface area (Å²) in [6.07, 6.45) is 0.905. The van der Waals surface area contributed by atoms with Crippen LogP contribution in [0.25, 0.3) is 0 Å². The molecule has 1 amide bonds. The number of hydrogen-bond donors (Lipinski definition) is 1. The van der Waals surface area contributed by atoms with Crippen molar-refractivity contribution < 1.29 is 9.18 Å². The molecule has 2 aromatic carbocycles. The predicted octanol–water partition coefficient (Wildman–Crippen LogP) is 2.73. The summed E-state index contributed by atoms with van der Waals surface area (Å²) in [5.41, 5.74) is 3.60. The van der Waals surface area contributed by atoms with E-state index in [2.05, 4.69) is 38.3 Å². The molecule has 2 aliphatic rings. The first-order chi connectivity index (χ1) is 14.6. The summed E-state index contributed by atoms with van der Waals surface area (Å²) in [5, 5.41) is 3.24. The van der Waals surface area contributed by atoms with Crippen molar-refractivity contribution in [3.8, 4) is 0 Å². The molecule has 166 valence electrons. The van der Waals surface area contributed by atoms with Gasteiger partial charge in [-0.2, -0.15) is 0 Å². The molecule has 1 N–H and O–H groups in total. The number of amides is 1. The molecule has 0 radical (unpaired) electrons. The van der Waals surface area contributed by atoms with Gasteiger partial charge in [-0.3, -0.25) is 9.79 Å². The minimum atomic E-state index is -0.219. The Morgan fingerprint density at radius 1 is 0.968 bits per heavy atom. The first-order valence-corrected chi connectivity index (χ1v) is 10.4. The fourth-order valence-corrected chi connectivity index (χ4v) is 4.14. The van der Waals surface area contributed by atoms with Crippen LogP contribution < -0.4 is 10.2 Å². The lowest BCUT2D eigenvalue weighted by molar-refractivity contribution is -0.130. The molecule has 0 aliphatic carbocycles. The number of nitrogens with one attached hydrogen (secondary N) is 1. The van der Waals surface area contributed by atoms with Gasteiger partial charge in [0, 0.05) is 52.0 Å². The zero-order chi connectivity index (χ0) is 20.9. The molecule has 0 unspecified atom stereocenters. The number of guanidine groups is 1. The van der Waals surface area contributed by atoms with Gasteiger partial charge in [-0.25, -0.2) is 4.39 Å². The van der Waals surface area contributed by atoms with Crippen LogP contribution in [0.1, 0.15) is 11.1 Å². The molecular weight excluding hydrogens is 508 g/mol. The molecule has 8 heteroatoms. The maximum absolute atomic E-state index is 13.1. The van der Waals surface area contributed by atoms with Gasteiger partial charge in [0.1, 0.15) is 5.82 Å². The Kier molecular flexibility index (Phi) is 8.11. The van der Waals surface area contributed by atoms with Crippen molar-refractivity contribution in [3.05, 3.63) is 65.5 Å². The largest absolute Gasteiger partial charge is 0.368 e. The van der Waals surface area contributed by atoms with Gasteiger partial charge in [-0.05, 0) is 41.8 Å². The van der Waals surface area contributed by atoms with E-state index < -0.39 is 0 Å². The summed E-state index contributed by atoms with van der Waals surface area (Å²) < 4.78 is 13.1. The summed E-state index contributed by atoms with van der Waals surface area (Å²) in [5.74, 6) is 0.624. The fourth-order valence-electron chi connectivity index (χ4n) is 4.14. The summed E-state index contributed by atoms with van der Waals surface area (Å²) in [7, 11) is 1.75. The lowest BCUT2D eigenvalue weighted by atomic mass is 10.00. The fraction of sp³-hybridized carbons (Fsp3) is 0.391. The van der Waals surface area contributed by atoms with E-state index in [0.717, 1.165) is 50.8 Å².